The fourth-order valence-electron chi connectivity index (χ4n) is 3.36. The normalized spacial score (nSPS) is 17.7. The van der Waals surface area contributed by atoms with Crippen molar-refractivity contribution in [3.63, 3.8) is 0 Å². The van der Waals surface area contributed by atoms with Gasteiger partial charge in [0, 0.05) is 49.0 Å². The van der Waals surface area contributed by atoms with Crippen molar-refractivity contribution in [2.45, 2.75) is 32.7 Å². The first-order valence-corrected chi connectivity index (χ1v) is 8.71. The molecule has 0 unspecified atom stereocenters. The third-order valence-corrected chi connectivity index (χ3v) is 4.60. The lowest BCUT2D eigenvalue weighted by molar-refractivity contribution is 0.374. The highest BCUT2D eigenvalue weighted by atomic mass is 15.3. The highest BCUT2D eigenvalue weighted by Gasteiger charge is 2.23. The predicted molar refractivity (Wildman–Crippen MR) is 97.4 cm³/mol. The van der Waals surface area contributed by atoms with Crippen LogP contribution in [0.2, 0.25) is 0 Å². The Kier molecular flexibility index (Phi) is 4.17. The third-order valence-electron chi connectivity index (χ3n) is 4.60. The molecule has 0 aliphatic carbocycles. The summed E-state index contributed by atoms with van der Waals surface area (Å²) in [6, 6.07) is 6.36. The van der Waals surface area contributed by atoms with Gasteiger partial charge >= 0.3 is 0 Å². The SMILES string of the molecule is Cc1cnn([C@H]2CCCN(c3cc(C)nc(-c4ccncc4)n3)C2)c1. The summed E-state index contributed by atoms with van der Waals surface area (Å²) in [4.78, 5) is 15.8. The lowest BCUT2D eigenvalue weighted by Crippen LogP contribution is -2.37. The zero-order chi connectivity index (χ0) is 17.2. The molecular weight excluding hydrogens is 312 g/mol. The Morgan fingerprint density at radius 2 is 1.96 bits per heavy atom. The van der Waals surface area contributed by atoms with Gasteiger partial charge in [-0.05, 0) is 44.4 Å². The van der Waals surface area contributed by atoms with Gasteiger partial charge in [-0.25, -0.2) is 9.97 Å². The van der Waals surface area contributed by atoms with E-state index in [1.165, 1.54) is 5.56 Å². The standard InChI is InChI=1S/C19H22N6/c1-14-11-21-25(12-14)17-4-3-9-24(13-17)18-10-15(2)22-19(23-18)16-5-7-20-8-6-16/h5-8,10-12,17H,3-4,9,13H2,1-2H3/t17-/m0/s1. The Hall–Kier alpha value is -2.76. The van der Waals surface area contributed by atoms with E-state index in [0.29, 0.717) is 6.04 Å². The van der Waals surface area contributed by atoms with Crippen LogP contribution in [0.3, 0.4) is 0 Å². The fraction of sp³-hybridized carbons (Fsp3) is 0.368. The average molecular weight is 334 g/mol. The van der Waals surface area contributed by atoms with Crippen LogP contribution in [0.25, 0.3) is 11.4 Å². The van der Waals surface area contributed by atoms with E-state index >= 15 is 0 Å². The summed E-state index contributed by atoms with van der Waals surface area (Å²) >= 11 is 0. The van der Waals surface area contributed by atoms with Crippen LogP contribution in [0, 0.1) is 13.8 Å². The van der Waals surface area contributed by atoms with Gasteiger partial charge in [0.2, 0.25) is 0 Å². The molecule has 4 rings (SSSR count). The number of aromatic nitrogens is 5. The molecule has 0 radical (unpaired) electrons. The minimum Gasteiger partial charge on any atom is -0.354 e. The molecule has 1 fully saturated rings. The number of nitrogens with zero attached hydrogens (tertiary/aromatic N) is 6. The maximum Gasteiger partial charge on any atom is 0.161 e. The summed E-state index contributed by atoms with van der Waals surface area (Å²) in [5.41, 5.74) is 3.18. The molecule has 4 heterocycles. The molecule has 1 aliphatic rings. The van der Waals surface area contributed by atoms with Crippen LogP contribution in [0.1, 0.15) is 30.1 Å². The van der Waals surface area contributed by atoms with Gasteiger partial charge in [0.25, 0.3) is 0 Å². The summed E-state index contributed by atoms with van der Waals surface area (Å²) in [5, 5.41) is 4.50. The molecule has 0 saturated carbocycles. The van der Waals surface area contributed by atoms with Crippen LogP contribution in [-0.2, 0) is 0 Å². The number of piperidine rings is 1. The number of rotatable bonds is 3. The van der Waals surface area contributed by atoms with Crippen LogP contribution in [0.5, 0.6) is 0 Å². The number of hydrogen-bond acceptors (Lipinski definition) is 5. The van der Waals surface area contributed by atoms with Gasteiger partial charge in [0.1, 0.15) is 5.82 Å². The molecule has 0 aromatic carbocycles. The van der Waals surface area contributed by atoms with Gasteiger partial charge < -0.3 is 4.90 Å². The molecular formula is C19H22N6. The van der Waals surface area contributed by atoms with E-state index in [1.54, 1.807) is 12.4 Å². The van der Waals surface area contributed by atoms with Crippen molar-refractivity contribution in [2.75, 3.05) is 18.0 Å². The van der Waals surface area contributed by atoms with Gasteiger partial charge in [0.05, 0.1) is 12.2 Å². The first kappa shape index (κ1) is 15.7. The second kappa shape index (κ2) is 6.63. The zero-order valence-electron chi connectivity index (χ0n) is 14.6. The minimum atomic E-state index is 0.391. The van der Waals surface area contributed by atoms with Crippen molar-refractivity contribution >= 4 is 5.82 Å². The monoisotopic (exact) mass is 334 g/mol. The van der Waals surface area contributed by atoms with Gasteiger partial charge in [-0.2, -0.15) is 5.10 Å². The van der Waals surface area contributed by atoms with Crippen molar-refractivity contribution in [3.05, 3.63) is 54.2 Å². The Morgan fingerprint density at radius 1 is 1.12 bits per heavy atom. The molecule has 25 heavy (non-hydrogen) atoms. The second-order valence-corrected chi connectivity index (χ2v) is 6.67. The molecule has 1 aliphatic heterocycles. The summed E-state index contributed by atoms with van der Waals surface area (Å²) in [7, 11) is 0. The van der Waals surface area contributed by atoms with Gasteiger partial charge in [0.15, 0.2) is 5.82 Å². The maximum absolute atomic E-state index is 4.82. The molecule has 3 aromatic rings. The lowest BCUT2D eigenvalue weighted by Gasteiger charge is -2.34. The molecule has 0 amide bonds. The van der Waals surface area contributed by atoms with Crippen molar-refractivity contribution in [1.82, 2.24) is 24.7 Å². The number of anilines is 1. The highest BCUT2D eigenvalue weighted by molar-refractivity contribution is 5.57. The van der Waals surface area contributed by atoms with Crippen molar-refractivity contribution in [2.24, 2.45) is 0 Å². The first-order chi connectivity index (χ1) is 12.2. The van der Waals surface area contributed by atoms with E-state index in [2.05, 4.69) is 43.8 Å². The Bertz CT molecular complexity index is 857. The molecule has 1 saturated heterocycles. The Balaban J connectivity index is 1.61. The summed E-state index contributed by atoms with van der Waals surface area (Å²) in [6.07, 6.45) is 9.89. The average Bonchev–Trinajstić information content (AvgIpc) is 3.08. The predicted octanol–water partition coefficient (Wildman–Crippen LogP) is 3.19. The smallest absolute Gasteiger partial charge is 0.161 e. The van der Waals surface area contributed by atoms with Crippen LogP contribution in [0.4, 0.5) is 5.82 Å². The van der Waals surface area contributed by atoms with Gasteiger partial charge in [-0.3, -0.25) is 9.67 Å². The van der Waals surface area contributed by atoms with E-state index < -0.39 is 0 Å². The van der Waals surface area contributed by atoms with Crippen LogP contribution >= 0.6 is 0 Å². The van der Waals surface area contributed by atoms with Gasteiger partial charge in [-0.1, -0.05) is 0 Å². The Morgan fingerprint density at radius 3 is 2.72 bits per heavy atom. The highest BCUT2D eigenvalue weighted by Crippen LogP contribution is 2.26. The molecule has 1 atom stereocenters. The third kappa shape index (κ3) is 3.38. The molecule has 0 bridgehead atoms. The van der Waals surface area contributed by atoms with E-state index in [1.807, 2.05) is 25.3 Å². The molecule has 128 valence electrons. The van der Waals surface area contributed by atoms with E-state index in [-0.39, 0.29) is 0 Å². The quantitative estimate of drug-likeness (QED) is 0.736. The van der Waals surface area contributed by atoms with E-state index in [0.717, 1.165) is 48.8 Å². The van der Waals surface area contributed by atoms with E-state index in [4.69, 9.17) is 4.98 Å². The molecule has 3 aromatic heterocycles. The molecule has 6 heteroatoms. The number of hydrogen-bond donors (Lipinski definition) is 0. The lowest BCUT2D eigenvalue weighted by atomic mass is 10.1. The van der Waals surface area contributed by atoms with Crippen LogP contribution < -0.4 is 4.90 Å². The van der Waals surface area contributed by atoms with E-state index in [9.17, 15) is 0 Å². The fourth-order valence-corrected chi connectivity index (χ4v) is 3.36. The Labute approximate surface area is 147 Å². The largest absolute Gasteiger partial charge is 0.354 e. The number of pyridine rings is 1. The van der Waals surface area contributed by atoms with Crippen molar-refractivity contribution < 1.29 is 0 Å². The summed E-state index contributed by atoms with van der Waals surface area (Å²) in [6.45, 7) is 6.05. The van der Waals surface area contributed by atoms with Crippen LogP contribution in [-0.4, -0.2) is 37.8 Å². The minimum absolute atomic E-state index is 0.391. The zero-order valence-corrected chi connectivity index (χ0v) is 14.6. The van der Waals surface area contributed by atoms with Crippen molar-refractivity contribution in [3.8, 4) is 11.4 Å². The second-order valence-electron chi connectivity index (χ2n) is 6.67. The molecule has 6 nitrogen and oxygen atoms in total. The van der Waals surface area contributed by atoms with Crippen LogP contribution in [0.15, 0.2) is 43.0 Å². The molecule has 0 N–H and O–H groups in total. The molecule has 0 spiro atoms. The maximum atomic E-state index is 4.82. The topological polar surface area (TPSA) is 59.7 Å². The summed E-state index contributed by atoms with van der Waals surface area (Å²) in [5.74, 6) is 1.75. The first-order valence-electron chi connectivity index (χ1n) is 8.71. The van der Waals surface area contributed by atoms with Crippen molar-refractivity contribution in [1.29, 1.82) is 0 Å². The van der Waals surface area contributed by atoms with Gasteiger partial charge in [-0.15, -0.1) is 0 Å². The number of aryl methyl sites for hydroxylation is 2. The summed E-state index contributed by atoms with van der Waals surface area (Å²) < 4.78 is 2.10.